The van der Waals surface area contributed by atoms with Crippen LogP contribution in [0.25, 0.3) is 0 Å². The number of ether oxygens (including phenoxy) is 1. The highest BCUT2D eigenvalue weighted by Gasteiger charge is 2.13. The predicted molar refractivity (Wildman–Crippen MR) is 60.2 cm³/mol. The lowest BCUT2D eigenvalue weighted by atomic mass is 10.3. The van der Waals surface area contributed by atoms with Crippen LogP contribution in [-0.4, -0.2) is 18.6 Å². The van der Waals surface area contributed by atoms with Crippen LogP contribution in [0, 0.1) is 5.82 Å². The highest BCUT2D eigenvalue weighted by atomic mass is 35.5. The van der Waals surface area contributed by atoms with E-state index in [4.69, 9.17) is 16.3 Å². The molecule has 3 nitrogen and oxygen atoms in total. The molecule has 16 heavy (non-hydrogen) atoms. The summed E-state index contributed by atoms with van der Waals surface area (Å²) in [6.45, 7) is 3.94. The summed E-state index contributed by atoms with van der Waals surface area (Å²) in [6.07, 6.45) is -0.666. The molecule has 0 radical (unpaired) electrons. The molecule has 0 aliphatic heterocycles. The quantitative estimate of drug-likeness (QED) is 0.885. The van der Waals surface area contributed by atoms with Gasteiger partial charge in [-0.1, -0.05) is 11.6 Å². The van der Waals surface area contributed by atoms with Gasteiger partial charge in [-0.2, -0.15) is 0 Å². The molecule has 1 atom stereocenters. The third-order valence-electron chi connectivity index (χ3n) is 1.92. The fourth-order valence-electron chi connectivity index (χ4n) is 1.13. The molecule has 0 bridgehead atoms. The molecule has 88 valence electrons. The number of rotatable bonds is 4. The molecule has 0 saturated heterocycles. The van der Waals surface area contributed by atoms with Gasteiger partial charge in [-0.3, -0.25) is 4.79 Å². The highest BCUT2D eigenvalue weighted by Crippen LogP contribution is 2.21. The molecule has 0 aliphatic rings. The predicted octanol–water partition coefficient (Wildman–Crippen LogP) is 2.38. The SMILES string of the molecule is CCNC(=O)C(C)Oc1ccc(Cl)c(F)c1. The number of likely N-dealkylation sites (N-methyl/N-ethyl adjacent to an activating group) is 1. The summed E-state index contributed by atoms with van der Waals surface area (Å²) in [5.74, 6) is -0.527. The minimum absolute atomic E-state index is 0.0259. The van der Waals surface area contributed by atoms with Crippen LogP contribution in [0.2, 0.25) is 5.02 Å². The Morgan fingerprint density at radius 3 is 2.88 bits per heavy atom. The van der Waals surface area contributed by atoms with Crippen LogP contribution < -0.4 is 10.1 Å². The van der Waals surface area contributed by atoms with E-state index < -0.39 is 11.9 Å². The molecule has 0 saturated carbocycles. The number of halogens is 2. The Kier molecular flexibility index (Phi) is 4.55. The first-order chi connectivity index (χ1) is 7.54. The largest absolute Gasteiger partial charge is 0.481 e. The second-order valence-corrected chi connectivity index (χ2v) is 3.64. The van der Waals surface area contributed by atoms with Crippen molar-refractivity contribution in [2.45, 2.75) is 20.0 Å². The molecule has 0 fully saturated rings. The monoisotopic (exact) mass is 245 g/mol. The molecule has 1 unspecified atom stereocenters. The standard InChI is InChI=1S/C11H13ClFNO2/c1-3-14-11(15)7(2)16-8-4-5-9(12)10(13)6-8/h4-7H,3H2,1-2H3,(H,14,15). The molecule has 1 amide bonds. The number of carbonyl (C=O) groups is 1. The minimum Gasteiger partial charge on any atom is -0.481 e. The summed E-state index contributed by atoms with van der Waals surface area (Å²) in [5.41, 5.74) is 0. The maximum Gasteiger partial charge on any atom is 0.260 e. The van der Waals surface area contributed by atoms with Gasteiger partial charge in [0.15, 0.2) is 6.10 Å². The van der Waals surface area contributed by atoms with Crippen molar-refractivity contribution in [1.29, 1.82) is 0 Å². The highest BCUT2D eigenvalue weighted by molar-refractivity contribution is 6.30. The van der Waals surface area contributed by atoms with Gasteiger partial charge in [0, 0.05) is 12.6 Å². The van der Waals surface area contributed by atoms with Gasteiger partial charge in [-0.25, -0.2) is 4.39 Å². The molecule has 0 aromatic heterocycles. The first-order valence-corrected chi connectivity index (χ1v) is 5.31. The third kappa shape index (κ3) is 3.38. The van der Waals surface area contributed by atoms with Crippen molar-refractivity contribution in [1.82, 2.24) is 5.32 Å². The maximum absolute atomic E-state index is 13.1. The molecule has 5 heteroatoms. The van der Waals surface area contributed by atoms with E-state index in [2.05, 4.69) is 5.32 Å². The van der Waals surface area contributed by atoms with Crippen molar-refractivity contribution in [3.8, 4) is 5.75 Å². The van der Waals surface area contributed by atoms with Crippen molar-refractivity contribution in [3.05, 3.63) is 29.0 Å². The van der Waals surface area contributed by atoms with Crippen molar-refractivity contribution in [2.75, 3.05) is 6.54 Å². The number of hydrogen-bond acceptors (Lipinski definition) is 2. The Bertz CT molecular complexity index is 384. The van der Waals surface area contributed by atoms with Crippen LogP contribution in [-0.2, 0) is 4.79 Å². The van der Waals surface area contributed by atoms with E-state index in [1.54, 1.807) is 6.92 Å². The molecule has 1 aromatic rings. The number of amides is 1. The second kappa shape index (κ2) is 5.70. The number of nitrogens with one attached hydrogen (secondary N) is 1. The summed E-state index contributed by atoms with van der Waals surface area (Å²) in [7, 11) is 0. The summed E-state index contributed by atoms with van der Waals surface area (Å²) in [6, 6.07) is 4.05. The van der Waals surface area contributed by atoms with Gasteiger partial charge in [0.2, 0.25) is 0 Å². The van der Waals surface area contributed by atoms with Gasteiger partial charge >= 0.3 is 0 Å². The number of carbonyl (C=O) groups excluding carboxylic acids is 1. The fourth-order valence-corrected chi connectivity index (χ4v) is 1.24. The first-order valence-electron chi connectivity index (χ1n) is 4.94. The Hall–Kier alpha value is -1.29. The van der Waals surface area contributed by atoms with E-state index in [0.717, 1.165) is 6.07 Å². The maximum atomic E-state index is 13.1. The molecular formula is C11H13ClFNO2. The van der Waals surface area contributed by atoms with E-state index in [1.165, 1.54) is 12.1 Å². The van der Waals surface area contributed by atoms with Gasteiger partial charge in [0.1, 0.15) is 11.6 Å². The summed E-state index contributed by atoms with van der Waals surface area (Å²) in [5, 5.41) is 2.63. The van der Waals surface area contributed by atoms with E-state index in [0.29, 0.717) is 6.54 Å². The Balaban J connectivity index is 2.66. The number of benzene rings is 1. The first kappa shape index (κ1) is 12.8. The smallest absolute Gasteiger partial charge is 0.260 e. The lowest BCUT2D eigenvalue weighted by Crippen LogP contribution is -2.36. The molecule has 1 rings (SSSR count). The van der Waals surface area contributed by atoms with Crippen LogP contribution in [0.5, 0.6) is 5.75 Å². The fraction of sp³-hybridized carbons (Fsp3) is 0.364. The lowest BCUT2D eigenvalue weighted by molar-refractivity contribution is -0.127. The van der Waals surface area contributed by atoms with E-state index in [1.807, 2.05) is 6.92 Å². The van der Waals surface area contributed by atoms with Crippen LogP contribution >= 0.6 is 11.6 Å². The summed E-state index contributed by atoms with van der Waals surface area (Å²) in [4.78, 5) is 11.3. The average Bonchev–Trinajstić information content (AvgIpc) is 2.24. The summed E-state index contributed by atoms with van der Waals surface area (Å²) < 4.78 is 18.3. The topological polar surface area (TPSA) is 38.3 Å². The van der Waals surface area contributed by atoms with Crippen LogP contribution in [0.1, 0.15) is 13.8 Å². The molecule has 1 N–H and O–H groups in total. The third-order valence-corrected chi connectivity index (χ3v) is 2.23. The van der Waals surface area contributed by atoms with E-state index in [9.17, 15) is 9.18 Å². The Morgan fingerprint density at radius 2 is 2.31 bits per heavy atom. The van der Waals surface area contributed by atoms with Crippen molar-refractivity contribution in [3.63, 3.8) is 0 Å². The lowest BCUT2D eigenvalue weighted by Gasteiger charge is -2.14. The molecule has 0 heterocycles. The van der Waals surface area contributed by atoms with Crippen LogP contribution in [0.3, 0.4) is 0 Å². The van der Waals surface area contributed by atoms with Gasteiger partial charge in [-0.15, -0.1) is 0 Å². The summed E-state index contributed by atoms with van der Waals surface area (Å²) >= 11 is 5.52. The minimum atomic E-state index is -0.666. The Labute approximate surface area is 98.5 Å². The van der Waals surface area contributed by atoms with Crippen LogP contribution in [0.4, 0.5) is 4.39 Å². The Morgan fingerprint density at radius 1 is 1.62 bits per heavy atom. The molecule has 0 aliphatic carbocycles. The number of hydrogen-bond donors (Lipinski definition) is 1. The van der Waals surface area contributed by atoms with Gasteiger partial charge in [0.05, 0.1) is 5.02 Å². The van der Waals surface area contributed by atoms with Crippen molar-refractivity contribution < 1.29 is 13.9 Å². The van der Waals surface area contributed by atoms with Crippen LogP contribution in [0.15, 0.2) is 18.2 Å². The van der Waals surface area contributed by atoms with Crippen molar-refractivity contribution in [2.24, 2.45) is 0 Å². The van der Waals surface area contributed by atoms with Crippen molar-refractivity contribution >= 4 is 17.5 Å². The zero-order valence-corrected chi connectivity index (χ0v) is 9.84. The molecule has 1 aromatic carbocycles. The zero-order valence-electron chi connectivity index (χ0n) is 9.09. The molecule has 0 spiro atoms. The van der Waals surface area contributed by atoms with E-state index >= 15 is 0 Å². The molecular weight excluding hydrogens is 233 g/mol. The zero-order chi connectivity index (χ0) is 12.1. The second-order valence-electron chi connectivity index (χ2n) is 3.23. The van der Waals surface area contributed by atoms with Gasteiger partial charge < -0.3 is 10.1 Å². The normalized spacial score (nSPS) is 12.0. The van der Waals surface area contributed by atoms with Gasteiger partial charge in [0.25, 0.3) is 5.91 Å². The average molecular weight is 246 g/mol. The van der Waals surface area contributed by atoms with E-state index in [-0.39, 0.29) is 16.7 Å². The van der Waals surface area contributed by atoms with Gasteiger partial charge in [-0.05, 0) is 26.0 Å².